The standard InChI is InChI=1S/C20H28N4O/c1-15-10-23-24(13-15)14-16(2)21-12-20(25)22-11-18-8-5-7-17-6-3-4-9-19(17)18/h3-4,6,9-10,13,16,18,21H,5,7-8,11-12,14H2,1-2H3,(H,22,25)/t16-,18+/m1/s1. The summed E-state index contributed by atoms with van der Waals surface area (Å²) in [6.07, 6.45) is 7.38. The Balaban J connectivity index is 1.41. The second-order valence-electron chi connectivity index (χ2n) is 7.11. The molecule has 5 heteroatoms. The number of nitrogens with zero attached hydrogens (tertiary/aromatic N) is 2. The van der Waals surface area contributed by atoms with Crippen molar-refractivity contribution in [1.82, 2.24) is 20.4 Å². The first-order valence-electron chi connectivity index (χ1n) is 9.19. The molecule has 0 radical (unpaired) electrons. The largest absolute Gasteiger partial charge is 0.354 e. The van der Waals surface area contributed by atoms with Gasteiger partial charge >= 0.3 is 0 Å². The molecule has 1 aromatic heterocycles. The number of hydrogen-bond donors (Lipinski definition) is 2. The predicted molar refractivity (Wildman–Crippen MR) is 99.6 cm³/mol. The number of carbonyl (C=O) groups is 1. The molecule has 2 aromatic rings. The molecule has 25 heavy (non-hydrogen) atoms. The van der Waals surface area contributed by atoms with Crippen LogP contribution in [0.3, 0.4) is 0 Å². The van der Waals surface area contributed by atoms with Crippen molar-refractivity contribution >= 4 is 5.91 Å². The monoisotopic (exact) mass is 340 g/mol. The maximum atomic E-state index is 12.2. The molecular formula is C20H28N4O. The van der Waals surface area contributed by atoms with E-state index >= 15 is 0 Å². The second kappa shape index (κ2) is 8.30. The molecule has 0 bridgehead atoms. The van der Waals surface area contributed by atoms with E-state index < -0.39 is 0 Å². The Morgan fingerprint density at radius 1 is 1.40 bits per heavy atom. The molecule has 0 unspecified atom stereocenters. The van der Waals surface area contributed by atoms with Crippen molar-refractivity contribution in [2.24, 2.45) is 0 Å². The number of amides is 1. The first-order valence-corrected chi connectivity index (χ1v) is 9.19. The number of fused-ring (bicyclic) bond motifs is 1. The van der Waals surface area contributed by atoms with Crippen LogP contribution >= 0.6 is 0 Å². The minimum absolute atomic E-state index is 0.0616. The van der Waals surface area contributed by atoms with Crippen molar-refractivity contribution in [2.75, 3.05) is 13.1 Å². The van der Waals surface area contributed by atoms with Gasteiger partial charge in [-0.15, -0.1) is 0 Å². The number of benzene rings is 1. The van der Waals surface area contributed by atoms with E-state index in [1.165, 1.54) is 17.5 Å². The van der Waals surface area contributed by atoms with Crippen LogP contribution in [-0.4, -0.2) is 34.8 Å². The van der Waals surface area contributed by atoms with Crippen LogP contribution in [0.1, 0.15) is 42.4 Å². The van der Waals surface area contributed by atoms with Crippen molar-refractivity contribution in [1.29, 1.82) is 0 Å². The molecular weight excluding hydrogens is 312 g/mol. The lowest BCUT2D eigenvalue weighted by atomic mass is 9.83. The van der Waals surface area contributed by atoms with Gasteiger partial charge in [0.1, 0.15) is 0 Å². The topological polar surface area (TPSA) is 59.0 Å². The Morgan fingerprint density at radius 2 is 2.24 bits per heavy atom. The maximum Gasteiger partial charge on any atom is 0.233 e. The summed E-state index contributed by atoms with van der Waals surface area (Å²) in [6.45, 7) is 5.93. The van der Waals surface area contributed by atoms with Crippen LogP contribution in [0.15, 0.2) is 36.7 Å². The van der Waals surface area contributed by atoms with Crippen LogP contribution < -0.4 is 10.6 Å². The molecule has 1 heterocycles. The maximum absolute atomic E-state index is 12.2. The van der Waals surface area contributed by atoms with E-state index in [1.54, 1.807) is 0 Å². The van der Waals surface area contributed by atoms with Gasteiger partial charge in [-0.3, -0.25) is 9.48 Å². The summed E-state index contributed by atoms with van der Waals surface area (Å²) < 4.78 is 1.91. The highest BCUT2D eigenvalue weighted by molar-refractivity contribution is 5.78. The van der Waals surface area contributed by atoms with E-state index in [9.17, 15) is 4.79 Å². The van der Waals surface area contributed by atoms with Gasteiger partial charge in [0.25, 0.3) is 0 Å². The number of nitrogens with one attached hydrogen (secondary N) is 2. The van der Waals surface area contributed by atoms with E-state index in [0.717, 1.165) is 31.5 Å². The molecule has 2 N–H and O–H groups in total. The van der Waals surface area contributed by atoms with Crippen molar-refractivity contribution in [3.63, 3.8) is 0 Å². The van der Waals surface area contributed by atoms with Gasteiger partial charge in [0, 0.05) is 24.7 Å². The molecule has 0 spiro atoms. The van der Waals surface area contributed by atoms with Crippen molar-refractivity contribution in [3.8, 4) is 0 Å². The third kappa shape index (κ3) is 4.92. The van der Waals surface area contributed by atoms with Crippen LogP contribution in [-0.2, 0) is 17.8 Å². The minimum Gasteiger partial charge on any atom is -0.354 e. The van der Waals surface area contributed by atoms with E-state index in [1.807, 2.05) is 24.0 Å². The number of carbonyl (C=O) groups excluding carboxylic acids is 1. The fourth-order valence-corrected chi connectivity index (χ4v) is 3.54. The average Bonchev–Trinajstić information content (AvgIpc) is 3.02. The van der Waals surface area contributed by atoms with Gasteiger partial charge in [-0.25, -0.2) is 0 Å². The van der Waals surface area contributed by atoms with Crippen LogP contribution in [0, 0.1) is 6.92 Å². The minimum atomic E-state index is 0.0616. The van der Waals surface area contributed by atoms with E-state index in [4.69, 9.17) is 0 Å². The van der Waals surface area contributed by atoms with E-state index in [-0.39, 0.29) is 11.9 Å². The highest BCUT2D eigenvalue weighted by Gasteiger charge is 2.20. The average molecular weight is 340 g/mol. The summed E-state index contributed by atoms with van der Waals surface area (Å²) in [5, 5.41) is 10.6. The molecule has 0 saturated heterocycles. The zero-order chi connectivity index (χ0) is 17.6. The fraction of sp³-hybridized carbons (Fsp3) is 0.500. The Bertz CT molecular complexity index is 709. The van der Waals surface area contributed by atoms with Crippen LogP contribution in [0.2, 0.25) is 0 Å². The summed E-state index contributed by atoms with van der Waals surface area (Å²) in [4.78, 5) is 12.2. The summed E-state index contributed by atoms with van der Waals surface area (Å²) in [5.74, 6) is 0.505. The predicted octanol–water partition coefficient (Wildman–Crippen LogP) is 2.41. The van der Waals surface area contributed by atoms with Gasteiger partial charge in [0.15, 0.2) is 0 Å². The number of aryl methyl sites for hydroxylation is 2. The SMILES string of the molecule is Cc1cnn(C[C@@H](C)NCC(=O)NC[C@@H]2CCCc3ccccc32)c1. The smallest absolute Gasteiger partial charge is 0.233 e. The Morgan fingerprint density at radius 3 is 3.04 bits per heavy atom. The van der Waals surface area contributed by atoms with Crippen molar-refractivity contribution in [2.45, 2.75) is 51.6 Å². The molecule has 3 rings (SSSR count). The molecule has 1 amide bonds. The Kier molecular flexibility index (Phi) is 5.87. The molecule has 1 aliphatic rings. The summed E-state index contributed by atoms with van der Waals surface area (Å²) >= 11 is 0. The van der Waals surface area contributed by atoms with Crippen LogP contribution in [0.5, 0.6) is 0 Å². The normalized spacial score (nSPS) is 17.8. The second-order valence-corrected chi connectivity index (χ2v) is 7.11. The summed E-state index contributed by atoms with van der Waals surface area (Å²) in [6, 6.07) is 8.81. The van der Waals surface area contributed by atoms with Gasteiger partial charge in [-0.1, -0.05) is 24.3 Å². The first-order chi connectivity index (χ1) is 12.1. The molecule has 1 aliphatic carbocycles. The molecule has 2 atom stereocenters. The van der Waals surface area contributed by atoms with E-state index in [2.05, 4.69) is 46.9 Å². The van der Waals surface area contributed by atoms with Gasteiger partial charge in [0.2, 0.25) is 5.91 Å². The molecule has 134 valence electrons. The molecule has 5 nitrogen and oxygen atoms in total. The third-order valence-corrected chi connectivity index (χ3v) is 4.87. The highest BCUT2D eigenvalue weighted by atomic mass is 16.1. The lowest BCUT2D eigenvalue weighted by Crippen LogP contribution is -2.41. The zero-order valence-corrected chi connectivity index (χ0v) is 15.2. The molecule has 1 aromatic carbocycles. The van der Waals surface area contributed by atoms with Gasteiger partial charge in [-0.2, -0.15) is 5.10 Å². The van der Waals surface area contributed by atoms with Gasteiger partial charge in [-0.05, 0) is 49.8 Å². The summed E-state index contributed by atoms with van der Waals surface area (Å²) in [5.41, 5.74) is 4.00. The van der Waals surface area contributed by atoms with Gasteiger partial charge in [0.05, 0.1) is 19.3 Å². The molecule has 0 fully saturated rings. The fourth-order valence-electron chi connectivity index (χ4n) is 3.54. The zero-order valence-electron chi connectivity index (χ0n) is 15.2. The first kappa shape index (κ1) is 17.7. The molecule has 0 saturated carbocycles. The quantitative estimate of drug-likeness (QED) is 0.814. The van der Waals surface area contributed by atoms with Crippen molar-refractivity contribution < 1.29 is 4.79 Å². The highest BCUT2D eigenvalue weighted by Crippen LogP contribution is 2.30. The van der Waals surface area contributed by atoms with Crippen LogP contribution in [0.4, 0.5) is 0 Å². The van der Waals surface area contributed by atoms with Gasteiger partial charge < -0.3 is 10.6 Å². The third-order valence-electron chi connectivity index (χ3n) is 4.87. The number of hydrogen-bond acceptors (Lipinski definition) is 3. The van der Waals surface area contributed by atoms with Crippen molar-refractivity contribution in [3.05, 3.63) is 53.3 Å². The van der Waals surface area contributed by atoms with Crippen LogP contribution in [0.25, 0.3) is 0 Å². The van der Waals surface area contributed by atoms with E-state index in [0.29, 0.717) is 12.5 Å². The lowest BCUT2D eigenvalue weighted by Gasteiger charge is -2.25. The Labute approximate surface area is 149 Å². The Hall–Kier alpha value is -2.14. The molecule has 0 aliphatic heterocycles. The lowest BCUT2D eigenvalue weighted by molar-refractivity contribution is -0.120. The summed E-state index contributed by atoms with van der Waals surface area (Å²) in [7, 11) is 0. The number of rotatable bonds is 7. The number of aromatic nitrogens is 2.